The molecule has 0 bridgehead atoms. The molecule has 2 amide bonds. The maximum atomic E-state index is 12.3. The van der Waals surface area contributed by atoms with Crippen molar-refractivity contribution in [1.82, 2.24) is 20.2 Å². The van der Waals surface area contributed by atoms with E-state index in [9.17, 15) is 9.59 Å². The van der Waals surface area contributed by atoms with E-state index in [1.54, 1.807) is 23.1 Å². The predicted molar refractivity (Wildman–Crippen MR) is 116 cm³/mol. The molecule has 0 aliphatic carbocycles. The summed E-state index contributed by atoms with van der Waals surface area (Å²) in [6.45, 7) is 3.78. The Morgan fingerprint density at radius 2 is 2.32 bits per heavy atom. The number of rotatable bonds is 8. The van der Waals surface area contributed by atoms with Gasteiger partial charge in [-0.1, -0.05) is 5.16 Å². The first kappa shape index (κ1) is 20.8. The number of nitrogens with one attached hydrogen (secondary N) is 1. The zero-order valence-corrected chi connectivity index (χ0v) is 17.8. The van der Waals surface area contributed by atoms with Gasteiger partial charge in [0, 0.05) is 24.9 Å². The van der Waals surface area contributed by atoms with Gasteiger partial charge >= 0.3 is 0 Å². The third-order valence-electron chi connectivity index (χ3n) is 4.73. The Hall–Kier alpha value is -3.47. The molecule has 11 heteroatoms. The summed E-state index contributed by atoms with van der Waals surface area (Å²) >= 11 is 1.22. The Balaban J connectivity index is 1.66. The van der Waals surface area contributed by atoms with Crippen LogP contribution in [0.1, 0.15) is 40.9 Å². The van der Waals surface area contributed by atoms with E-state index in [1.807, 2.05) is 6.92 Å². The molecular weight excluding hydrogens is 420 g/mol. The van der Waals surface area contributed by atoms with Gasteiger partial charge in [0.25, 0.3) is 5.91 Å². The summed E-state index contributed by atoms with van der Waals surface area (Å²) in [5.41, 5.74) is 6.66. The van der Waals surface area contributed by atoms with Crippen LogP contribution in [0.3, 0.4) is 0 Å². The van der Waals surface area contributed by atoms with Gasteiger partial charge in [-0.2, -0.15) is 0 Å². The maximum Gasteiger partial charge on any atom is 0.261 e. The molecule has 4 heterocycles. The molecule has 1 aliphatic heterocycles. The van der Waals surface area contributed by atoms with Gasteiger partial charge in [0.05, 0.1) is 17.7 Å². The van der Waals surface area contributed by atoms with Crippen LogP contribution in [0.5, 0.6) is 0 Å². The van der Waals surface area contributed by atoms with Crippen molar-refractivity contribution in [2.45, 2.75) is 19.8 Å². The molecule has 0 radical (unpaired) electrons. The van der Waals surface area contributed by atoms with Crippen molar-refractivity contribution in [3.05, 3.63) is 40.8 Å². The number of nitrogen functional groups attached to an aromatic ring is 1. The summed E-state index contributed by atoms with van der Waals surface area (Å²) in [5, 5.41) is 7.64. The number of aromatic nitrogens is 2. The van der Waals surface area contributed by atoms with Gasteiger partial charge in [0.1, 0.15) is 17.1 Å². The van der Waals surface area contributed by atoms with Gasteiger partial charge in [-0.25, -0.2) is 9.97 Å². The number of hydrogen-bond donors (Lipinski definition) is 2. The number of anilines is 1. The molecule has 10 nitrogen and oxygen atoms in total. The van der Waals surface area contributed by atoms with Crippen LogP contribution in [0.15, 0.2) is 34.0 Å². The molecule has 0 spiro atoms. The molecular formula is C20H22N6O4S. The van der Waals surface area contributed by atoms with Crippen molar-refractivity contribution in [3.63, 3.8) is 0 Å². The molecule has 3 aromatic rings. The van der Waals surface area contributed by atoms with Crippen molar-refractivity contribution in [2.75, 3.05) is 32.0 Å². The summed E-state index contributed by atoms with van der Waals surface area (Å²) in [4.78, 5) is 41.0. The maximum absolute atomic E-state index is 12.3. The van der Waals surface area contributed by atoms with Gasteiger partial charge in [-0.05, 0) is 31.5 Å². The lowest BCUT2D eigenvalue weighted by Crippen LogP contribution is -2.28. The lowest BCUT2D eigenvalue weighted by atomic mass is 10.1. The van der Waals surface area contributed by atoms with Gasteiger partial charge in [0.15, 0.2) is 11.5 Å². The van der Waals surface area contributed by atoms with E-state index in [0.717, 1.165) is 13.0 Å². The first-order valence-corrected chi connectivity index (χ1v) is 10.8. The summed E-state index contributed by atoms with van der Waals surface area (Å²) < 4.78 is 5.53. The number of fused-ring (bicyclic) bond motifs is 1. The van der Waals surface area contributed by atoms with Crippen molar-refractivity contribution < 1.29 is 18.8 Å². The average molecular weight is 443 g/mol. The van der Waals surface area contributed by atoms with Crippen LogP contribution in [-0.2, 0) is 9.63 Å². The molecule has 1 aliphatic rings. The number of nitrogens with two attached hydrogens (primary N) is 1. The lowest BCUT2D eigenvalue weighted by Gasteiger charge is -2.14. The van der Waals surface area contributed by atoms with Crippen molar-refractivity contribution in [1.29, 1.82) is 0 Å². The number of nitrogens with zero attached hydrogens (tertiary/aromatic N) is 4. The minimum Gasteiger partial charge on any atom is -0.463 e. The predicted octanol–water partition coefficient (Wildman–Crippen LogP) is 2.01. The first-order valence-electron chi connectivity index (χ1n) is 9.94. The number of likely N-dealkylation sites (tertiary alicyclic amines) is 1. The van der Waals surface area contributed by atoms with E-state index in [1.165, 1.54) is 17.6 Å². The van der Waals surface area contributed by atoms with Crippen LogP contribution in [0, 0.1) is 0 Å². The smallest absolute Gasteiger partial charge is 0.261 e. The zero-order valence-electron chi connectivity index (χ0n) is 17.0. The van der Waals surface area contributed by atoms with Gasteiger partial charge in [-0.3, -0.25) is 9.59 Å². The highest BCUT2D eigenvalue weighted by atomic mass is 32.1. The highest BCUT2D eigenvalue weighted by Gasteiger charge is 2.22. The van der Waals surface area contributed by atoms with E-state index in [0.29, 0.717) is 51.8 Å². The van der Waals surface area contributed by atoms with Crippen LogP contribution in [-0.4, -0.2) is 58.6 Å². The highest BCUT2D eigenvalue weighted by molar-refractivity contribution is 7.20. The normalized spacial score (nSPS) is 14.4. The van der Waals surface area contributed by atoms with Crippen LogP contribution in [0.2, 0.25) is 0 Å². The molecule has 0 aromatic carbocycles. The monoisotopic (exact) mass is 442 g/mol. The second kappa shape index (κ2) is 9.13. The number of furan rings is 1. The fourth-order valence-electron chi connectivity index (χ4n) is 3.30. The summed E-state index contributed by atoms with van der Waals surface area (Å²) in [6, 6.07) is 5.16. The quantitative estimate of drug-likeness (QED) is 0.309. The molecule has 1 saturated heterocycles. The highest BCUT2D eigenvalue weighted by Crippen LogP contribution is 2.28. The van der Waals surface area contributed by atoms with E-state index in [-0.39, 0.29) is 24.4 Å². The van der Waals surface area contributed by atoms with Crippen LogP contribution in [0.25, 0.3) is 10.2 Å². The molecule has 162 valence electrons. The summed E-state index contributed by atoms with van der Waals surface area (Å²) in [5.74, 6) is 0.412. The standard InChI is InChI=1S/C20H22N6O4S/c1-2-22-18(28)14-11-12-16(23-20(21)24-19(12)31-14)17(13-5-4-9-29-13)25-30-10-8-26-7-3-6-15(26)27/h4-5,9,11H,2-3,6-8,10H2,1H3,(H,22,28)(H2,21,23,24)/b25-17+. The fourth-order valence-corrected chi connectivity index (χ4v) is 4.25. The number of carbonyl (C=O) groups is 2. The Morgan fingerprint density at radius 1 is 1.45 bits per heavy atom. The SMILES string of the molecule is CCNC(=O)c1cc2c(/C(=N/OCCN3CCCC3=O)c3ccco3)nc(N)nc2s1. The molecule has 3 aromatic heterocycles. The van der Waals surface area contributed by atoms with Gasteiger partial charge < -0.3 is 25.2 Å². The Bertz CT molecular complexity index is 1120. The lowest BCUT2D eigenvalue weighted by molar-refractivity contribution is -0.128. The third kappa shape index (κ3) is 4.50. The van der Waals surface area contributed by atoms with Crippen LogP contribution in [0.4, 0.5) is 5.95 Å². The van der Waals surface area contributed by atoms with Crippen LogP contribution < -0.4 is 11.1 Å². The minimum absolute atomic E-state index is 0.0497. The second-order valence-electron chi connectivity index (χ2n) is 6.85. The van der Waals surface area contributed by atoms with Gasteiger partial charge in [-0.15, -0.1) is 11.3 Å². The van der Waals surface area contributed by atoms with E-state index in [4.69, 9.17) is 15.0 Å². The topological polar surface area (TPSA) is 136 Å². The Morgan fingerprint density at radius 3 is 3.03 bits per heavy atom. The molecule has 0 atom stereocenters. The molecule has 31 heavy (non-hydrogen) atoms. The second-order valence-corrected chi connectivity index (χ2v) is 7.88. The largest absolute Gasteiger partial charge is 0.463 e. The zero-order chi connectivity index (χ0) is 21.8. The number of oxime groups is 1. The summed E-state index contributed by atoms with van der Waals surface area (Å²) in [7, 11) is 0. The van der Waals surface area contributed by atoms with Crippen molar-refractivity contribution in [3.8, 4) is 0 Å². The number of thiophene rings is 1. The third-order valence-corrected chi connectivity index (χ3v) is 5.76. The van der Waals surface area contributed by atoms with Crippen molar-refractivity contribution >= 4 is 45.0 Å². The molecule has 1 fully saturated rings. The van der Waals surface area contributed by atoms with E-state index in [2.05, 4.69) is 20.4 Å². The van der Waals surface area contributed by atoms with E-state index < -0.39 is 0 Å². The number of amides is 2. The Labute approximate surface area is 182 Å². The minimum atomic E-state index is -0.196. The average Bonchev–Trinajstić information content (AvgIpc) is 3.49. The van der Waals surface area contributed by atoms with Gasteiger partial charge in [0.2, 0.25) is 11.9 Å². The Kier molecular flexibility index (Phi) is 6.12. The molecule has 4 rings (SSSR count). The molecule has 0 unspecified atom stereocenters. The fraction of sp³-hybridized carbons (Fsp3) is 0.350. The van der Waals surface area contributed by atoms with Crippen LogP contribution >= 0.6 is 11.3 Å². The number of carbonyl (C=O) groups excluding carboxylic acids is 2. The molecule has 3 N–H and O–H groups in total. The molecule has 0 saturated carbocycles. The first-order chi connectivity index (χ1) is 15.1. The summed E-state index contributed by atoms with van der Waals surface area (Å²) in [6.07, 6.45) is 2.96. The van der Waals surface area contributed by atoms with Crippen molar-refractivity contribution in [2.24, 2.45) is 5.16 Å². The number of hydrogen-bond acceptors (Lipinski definition) is 9. The van der Waals surface area contributed by atoms with E-state index >= 15 is 0 Å².